The van der Waals surface area contributed by atoms with E-state index < -0.39 is 11.9 Å². The lowest BCUT2D eigenvalue weighted by Gasteiger charge is -2.29. The van der Waals surface area contributed by atoms with Crippen molar-refractivity contribution in [2.24, 2.45) is 5.92 Å². The molecule has 0 atom stereocenters. The number of amides is 1. The lowest BCUT2D eigenvalue weighted by molar-refractivity contribution is -0.141. The van der Waals surface area contributed by atoms with Gasteiger partial charge in [0.15, 0.2) is 0 Å². The number of alkyl halides is 3. The minimum Gasteiger partial charge on any atom is -0.490 e. The summed E-state index contributed by atoms with van der Waals surface area (Å²) in [5, 5.41) is 3.38. The molecule has 1 saturated carbocycles. The van der Waals surface area contributed by atoms with Crippen LogP contribution in [0.5, 0.6) is 5.75 Å². The Morgan fingerprint density at radius 3 is 2.41 bits per heavy atom. The van der Waals surface area contributed by atoms with Crippen LogP contribution in [0.4, 0.5) is 18.9 Å². The van der Waals surface area contributed by atoms with Gasteiger partial charge < -0.3 is 10.1 Å². The molecule has 8 heteroatoms. The first-order chi connectivity index (χ1) is 13.7. The Labute approximate surface area is 171 Å². The highest BCUT2D eigenvalue weighted by Crippen LogP contribution is 2.34. The number of aromatic nitrogens is 1. The van der Waals surface area contributed by atoms with Gasteiger partial charge in [0, 0.05) is 28.5 Å². The van der Waals surface area contributed by atoms with Crippen LogP contribution in [0.25, 0.3) is 0 Å². The lowest BCUT2D eigenvalue weighted by Crippen LogP contribution is -2.28. The van der Waals surface area contributed by atoms with Gasteiger partial charge in [-0.3, -0.25) is 9.78 Å². The summed E-state index contributed by atoms with van der Waals surface area (Å²) < 4.78 is 44.0. The molecule has 0 spiro atoms. The second kappa shape index (κ2) is 8.86. The second-order valence-corrected chi connectivity index (χ2v) is 7.39. The molecule has 154 valence electrons. The standard InChI is InChI=1S/C21H20ClF3N2O2/c1-13(20(28)27-16-6-4-15(22)5-7-16)14-2-8-17(9-3-14)29-18-10-11-26-19(12-18)21(23,24)25/h4-7,10-12,14,17H,1-3,8-9H2,(H,27,28). The fraction of sp³-hybridized carbons (Fsp3) is 0.333. The average molecular weight is 425 g/mol. The number of nitrogens with zero attached hydrogens (tertiary/aromatic N) is 1. The number of pyridine rings is 1. The predicted molar refractivity (Wildman–Crippen MR) is 105 cm³/mol. The van der Waals surface area contributed by atoms with Gasteiger partial charge in [-0.15, -0.1) is 0 Å². The number of carbonyl (C=O) groups is 1. The van der Waals surface area contributed by atoms with E-state index in [2.05, 4.69) is 16.9 Å². The monoisotopic (exact) mass is 424 g/mol. The maximum atomic E-state index is 12.8. The van der Waals surface area contributed by atoms with E-state index in [1.165, 1.54) is 6.07 Å². The van der Waals surface area contributed by atoms with E-state index in [1.54, 1.807) is 24.3 Å². The zero-order valence-corrected chi connectivity index (χ0v) is 16.3. The minimum atomic E-state index is -4.51. The molecule has 1 N–H and O–H groups in total. The van der Waals surface area contributed by atoms with E-state index in [9.17, 15) is 18.0 Å². The first kappa shape index (κ1) is 21.2. The smallest absolute Gasteiger partial charge is 0.433 e. The molecule has 1 aromatic heterocycles. The van der Waals surface area contributed by atoms with Crippen molar-refractivity contribution in [1.29, 1.82) is 0 Å². The molecule has 0 aliphatic heterocycles. The molecule has 1 aliphatic carbocycles. The van der Waals surface area contributed by atoms with Crippen molar-refractivity contribution in [2.75, 3.05) is 5.32 Å². The van der Waals surface area contributed by atoms with Crippen LogP contribution in [-0.2, 0) is 11.0 Å². The highest BCUT2D eigenvalue weighted by atomic mass is 35.5. The van der Waals surface area contributed by atoms with Gasteiger partial charge in [-0.05, 0) is 61.9 Å². The van der Waals surface area contributed by atoms with Gasteiger partial charge in [0.25, 0.3) is 5.91 Å². The number of anilines is 1. The number of rotatable bonds is 5. The molecule has 0 saturated heterocycles. The van der Waals surface area contributed by atoms with Crippen molar-refractivity contribution in [2.45, 2.75) is 38.0 Å². The molecular formula is C21H20ClF3N2O2. The summed E-state index contributed by atoms with van der Waals surface area (Å²) >= 11 is 5.83. The van der Waals surface area contributed by atoms with Crippen LogP contribution in [0.15, 0.2) is 54.7 Å². The van der Waals surface area contributed by atoms with Gasteiger partial charge in [-0.2, -0.15) is 13.2 Å². The van der Waals surface area contributed by atoms with Gasteiger partial charge in [0.2, 0.25) is 0 Å². The minimum absolute atomic E-state index is 0.00493. The van der Waals surface area contributed by atoms with E-state index in [1.807, 2.05) is 0 Å². The van der Waals surface area contributed by atoms with Gasteiger partial charge in [-0.25, -0.2) is 0 Å². The summed E-state index contributed by atoms with van der Waals surface area (Å²) in [4.78, 5) is 15.7. The van der Waals surface area contributed by atoms with Gasteiger partial charge >= 0.3 is 6.18 Å². The van der Waals surface area contributed by atoms with Crippen molar-refractivity contribution < 1.29 is 22.7 Å². The summed E-state index contributed by atoms with van der Waals surface area (Å²) in [6, 6.07) is 9.12. The highest BCUT2D eigenvalue weighted by Gasteiger charge is 2.33. The molecule has 1 amide bonds. The number of hydrogen-bond donors (Lipinski definition) is 1. The summed E-state index contributed by atoms with van der Waals surface area (Å²) in [7, 11) is 0. The van der Waals surface area contributed by atoms with E-state index in [0.29, 0.717) is 42.0 Å². The average Bonchev–Trinajstić information content (AvgIpc) is 2.69. The fourth-order valence-electron chi connectivity index (χ4n) is 3.29. The van der Waals surface area contributed by atoms with Crippen molar-refractivity contribution in [3.63, 3.8) is 0 Å². The first-order valence-corrected chi connectivity index (χ1v) is 9.56. The number of benzene rings is 1. The predicted octanol–water partition coefficient (Wildman–Crippen LogP) is 5.89. The molecule has 1 heterocycles. The van der Waals surface area contributed by atoms with Crippen LogP contribution in [0, 0.1) is 5.92 Å². The normalized spacial score (nSPS) is 19.4. The summed E-state index contributed by atoms with van der Waals surface area (Å²) in [5.41, 5.74) is 0.147. The van der Waals surface area contributed by atoms with Crippen LogP contribution < -0.4 is 10.1 Å². The Hall–Kier alpha value is -2.54. The number of carbonyl (C=O) groups excluding carboxylic acids is 1. The van der Waals surface area contributed by atoms with Crippen molar-refractivity contribution >= 4 is 23.2 Å². The molecular weight excluding hydrogens is 405 g/mol. The SMILES string of the molecule is C=C(C(=O)Nc1ccc(Cl)cc1)C1CCC(Oc2ccnc(C(F)(F)F)c2)CC1. The van der Waals surface area contributed by atoms with E-state index >= 15 is 0 Å². The molecule has 1 aliphatic rings. The van der Waals surface area contributed by atoms with Crippen LogP contribution in [0.2, 0.25) is 5.02 Å². The third-order valence-electron chi connectivity index (χ3n) is 4.89. The maximum Gasteiger partial charge on any atom is 0.433 e. The third-order valence-corrected chi connectivity index (χ3v) is 5.14. The summed E-state index contributed by atoms with van der Waals surface area (Å²) in [6.45, 7) is 3.93. The summed E-state index contributed by atoms with van der Waals surface area (Å²) in [5.74, 6) is -0.0962. The Morgan fingerprint density at radius 1 is 1.14 bits per heavy atom. The Bertz CT molecular complexity index is 876. The molecule has 29 heavy (non-hydrogen) atoms. The second-order valence-electron chi connectivity index (χ2n) is 6.95. The highest BCUT2D eigenvalue weighted by molar-refractivity contribution is 6.30. The molecule has 4 nitrogen and oxygen atoms in total. The lowest BCUT2D eigenvalue weighted by atomic mass is 9.82. The largest absolute Gasteiger partial charge is 0.490 e. The Kier molecular flexibility index (Phi) is 6.47. The molecule has 1 fully saturated rings. The molecule has 0 unspecified atom stereocenters. The molecule has 0 radical (unpaired) electrons. The zero-order valence-electron chi connectivity index (χ0n) is 15.5. The van der Waals surface area contributed by atoms with Crippen molar-refractivity contribution in [1.82, 2.24) is 4.98 Å². The van der Waals surface area contributed by atoms with Crippen LogP contribution >= 0.6 is 11.6 Å². The fourth-order valence-corrected chi connectivity index (χ4v) is 3.42. The molecule has 3 rings (SSSR count). The van der Waals surface area contributed by atoms with Crippen LogP contribution in [0.3, 0.4) is 0 Å². The number of hydrogen-bond acceptors (Lipinski definition) is 3. The first-order valence-electron chi connectivity index (χ1n) is 9.18. The molecule has 0 bridgehead atoms. The van der Waals surface area contributed by atoms with Gasteiger partial charge in [-0.1, -0.05) is 18.2 Å². The van der Waals surface area contributed by atoms with Crippen molar-refractivity contribution in [3.8, 4) is 5.75 Å². The van der Waals surface area contributed by atoms with E-state index in [4.69, 9.17) is 16.3 Å². The number of nitrogens with one attached hydrogen (secondary N) is 1. The topological polar surface area (TPSA) is 51.2 Å². The van der Waals surface area contributed by atoms with E-state index in [-0.39, 0.29) is 23.7 Å². The number of halogens is 4. The third kappa shape index (κ3) is 5.73. The zero-order chi connectivity index (χ0) is 21.0. The molecule has 2 aromatic rings. The van der Waals surface area contributed by atoms with Crippen molar-refractivity contribution in [3.05, 3.63) is 65.5 Å². The molecule has 1 aromatic carbocycles. The Morgan fingerprint density at radius 2 is 1.79 bits per heavy atom. The maximum absolute atomic E-state index is 12.8. The Balaban J connectivity index is 1.51. The summed E-state index contributed by atoms with van der Waals surface area (Å²) in [6.07, 6.45) is -1.02. The van der Waals surface area contributed by atoms with Crippen LogP contribution in [-0.4, -0.2) is 17.0 Å². The van der Waals surface area contributed by atoms with Gasteiger partial charge in [0.05, 0.1) is 6.10 Å². The van der Waals surface area contributed by atoms with E-state index in [0.717, 1.165) is 12.3 Å². The quantitative estimate of drug-likeness (QED) is 0.609. The van der Waals surface area contributed by atoms with Crippen LogP contribution in [0.1, 0.15) is 31.4 Å². The number of ether oxygens (including phenoxy) is 1. The van der Waals surface area contributed by atoms with Gasteiger partial charge in [0.1, 0.15) is 11.4 Å².